The Morgan fingerprint density at radius 1 is 0.798 bits per heavy atom. The molecule has 0 spiro atoms. The van der Waals surface area contributed by atoms with Gasteiger partial charge < -0.3 is 107 Å². The molecule has 5 aromatic rings. The van der Waals surface area contributed by atoms with Crippen LogP contribution in [-0.2, 0) is 49.3 Å². The maximum Gasteiger partial charge on any atom is 1.00 e. The van der Waals surface area contributed by atoms with Crippen molar-refractivity contribution in [3.05, 3.63) is 84.1 Å². The number of methoxy groups -OCH3 is 1. The number of unbranched alkanes of at least 4 members (excludes halogenated alkanes) is 3. The Bertz CT molecular complexity index is 3620. The van der Waals surface area contributed by atoms with Crippen LogP contribution in [0.2, 0.25) is 0 Å². The van der Waals surface area contributed by atoms with Gasteiger partial charge in [0.25, 0.3) is 18.2 Å². The van der Waals surface area contributed by atoms with E-state index in [1.165, 1.54) is 61.5 Å². The maximum absolute atomic E-state index is 15.0. The van der Waals surface area contributed by atoms with E-state index in [0.29, 0.717) is 21.5 Å². The summed E-state index contributed by atoms with van der Waals surface area (Å²) in [4.78, 5) is 112. The molecule has 6 heterocycles. The van der Waals surface area contributed by atoms with Crippen molar-refractivity contribution in [3.8, 4) is 33.3 Å². The van der Waals surface area contributed by atoms with Crippen LogP contribution in [0.3, 0.4) is 0 Å². The number of aliphatic hydroxyl groups excluding tert-OH is 8. The molecule has 0 unspecified atom stereocenters. The Labute approximate surface area is 634 Å². The Morgan fingerprint density at radius 3 is 2.16 bits per heavy atom. The van der Waals surface area contributed by atoms with Crippen molar-refractivity contribution in [2.75, 3.05) is 76.9 Å². The SMILES string of the molecule is COCCCCCCSC1CCN(c2ccc(-c3nn4cc(-c5ccc(C(=O)N[C@H]6C[C@@H](O)CNC(=O)[C@@H]7[C@@H](O)[C@@H](C)CN7C(=O)[C@H]([C@H](O)CCNC(CO)CO)NC(=O)[C@H]([C@H](O)Cc7ccc(O)c(OSOO[O-])c7)NC(=O)[C@@H]7C[C@@H](O)CN7C(=O)[C@H]([C@@H](C)O)NC6=O)cc5)nc4s3)cc2)CC1.[Na+]. The van der Waals surface area contributed by atoms with Gasteiger partial charge in [-0.3, -0.25) is 38.6 Å². The first kappa shape index (κ1) is 83.3. The first-order valence-corrected chi connectivity index (χ1v) is 36.7. The van der Waals surface area contributed by atoms with Gasteiger partial charge in [-0.25, -0.2) is 9.50 Å². The van der Waals surface area contributed by atoms with Gasteiger partial charge in [-0.2, -0.15) is 16.9 Å². The second-order valence-electron chi connectivity index (χ2n) is 26.2. The Balaban J connectivity index is 0.0000137. The van der Waals surface area contributed by atoms with Gasteiger partial charge in [0.2, 0.25) is 40.4 Å². The monoisotopic (exact) mass is 1520 g/mol. The molecule has 33 nitrogen and oxygen atoms in total. The topological polar surface area (TPSA) is 474 Å². The van der Waals surface area contributed by atoms with Gasteiger partial charge in [0, 0.05) is 99.2 Å². The minimum atomic E-state index is -2.17. The van der Waals surface area contributed by atoms with Crippen LogP contribution in [0.1, 0.15) is 87.6 Å². The molecular formula is C67H91N12NaO21S3. The minimum absolute atomic E-state index is 0. The molecule has 4 fully saturated rings. The molecule has 15 N–H and O–H groups in total. The number of ether oxygens (including phenoxy) is 1. The molecule has 9 rings (SSSR count). The summed E-state index contributed by atoms with van der Waals surface area (Å²) >= 11 is 3.50. The molecule has 0 radical (unpaired) electrons. The van der Waals surface area contributed by atoms with Gasteiger partial charge in [0.1, 0.15) is 41.3 Å². The number of fused-ring (bicyclic) bond motifs is 3. The second-order valence-corrected chi connectivity index (χ2v) is 29.0. The van der Waals surface area contributed by atoms with E-state index in [9.17, 15) is 80.0 Å². The van der Waals surface area contributed by atoms with Gasteiger partial charge in [0.05, 0.1) is 67.8 Å². The molecule has 0 bridgehead atoms. The molecule has 4 saturated heterocycles. The van der Waals surface area contributed by atoms with Crippen LogP contribution in [0.25, 0.3) is 26.8 Å². The number of imidazole rings is 1. The standard InChI is InChI=1S/C67H92N12O21S3.Na/c1-36-31-78-57(58(36)88)63(93)69-30-44(83)28-47(70-59(89)40-11-9-39(10-12-40)48-33-79-67(71-48)102-64(75-79)41-13-15-43(16-14-41)76-22-19-46(20-23-76)101-25-7-5-4-6-24-97-3)60(90)72-54(37(2)82)65(94)77-32-45(84)29-49(77)61(91)73-55(52(87)26-38-8-17-50(85)53(27-38)98-103-100-99-96)62(92)74-56(66(78)95)51(86)18-21-68-42(34-80)35-81;/h8-17,27,33,36-37,42,44-47,49,51-52,54-58,68,80-88,96H,4-7,18-26,28-32,34-35H2,1-3H3,(H,69,93)(H,70,89)(H,72,90)(H,73,91)(H,74,92);/q;+1/p-1/t36-,37+,44+,45+,47-,49-,51+,52+,54-,55-,56-,57-,58-;/m0./s1. The summed E-state index contributed by atoms with van der Waals surface area (Å²) < 4.78 is 16.1. The van der Waals surface area contributed by atoms with E-state index in [1.54, 1.807) is 30.0 Å². The summed E-state index contributed by atoms with van der Waals surface area (Å²) in [6.45, 7) is 2.48. The minimum Gasteiger partial charge on any atom is -0.691 e. The number of hydrogen-bond acceptors (Lipinski definition) is 28. The predicted molar refractivity (Wildman–Crippen MR) is 374 cm³/mol. The number of hydrogen-bond donors (Lipinski definition) is 15. The van der Waals surface area contributed by atoms with Crippen LogP contribution in [0.5, 0.6) is 11.5 Å². The van der Waals surface area contributed by atoms with Crippen molar-refractivity contribution in [2.45, 2.75) is 162 Å². The van der Waals surface area contributed by atoms with Crippen LogP contribution >= 0.6 is 35.4 Å². The van der Waals surface area contributed by atoms with Crippen LogP contribution in [0.15, 0.2) is 72.9 Å². The van der Waals surface area contributed by atoms with Gasteiger partial charge in [-0.05, 0) is 105 Å². The summed E-state index contributed by atoms with van der Waals surface area (Å²) in [7, 11) is 1.74. The molecule has 4 aliphatic heterocycles. The van der Waals surface area contributed by atoms with Gasteiger partial charge in [-0.15, -0.1) is 4.33 Å². The number of phenols is 1. The fraction of sp³-hybridized carbons (Fsp3) is 0.567. The number of rotatable bonds is 28. The van der Waals surface area contributed by atoms with Crippen LogP contribution in [0.4, 0.5) is 5.69 Å². The van der Waals surface area contributed by atoms with Gasteiger partial charge in [0.15, 0.2) is 11.5 Å². The number of anilines is 1. The average Bonchev–Trinajstić information content (AvgIpc) is 1.61. The fourth-order valence-electron chi connectivity index (χ4n) is 12.9. The third kappa shape index (κ3) is 21.9. The molecule has 7 amide bonds. The fourth-order valence-corrected chi connectivity index (χ4v) is 15.3. The molecule has 104 heavy (non-hydrogen) atoms. The molecule has 0 saturated carbocycles. The zero-order valence-corrected chi connectivity index (χ0v) is 62.5. The van der Waals surface area contributed by atoms with Crippen LogP contribution in [-0.4, -0.2) is 268 Å². The molecular weight excluding hydrogens is 1430 g/mol. The van der Waals surface area contributed by atoms with Crippen molar-refractivity contribution in [3.63, 3.8) is 0 Å². The zero-order chi connectivity index (χ0) is 74.0. The smallest absolute Gasteiger partial charge is 0.691 e. The summed E-state index contributed by atoms with van der Waals surface area (Å²) in [5.74, 6) is -8.50. The number of nitrogens with zero attached hydrogens (tertiary/aromatic N) is 6. The first-order valence-electron chi connectivity index (χ1n) is 34.2. The maximum atomic E-state index is 15.0. The molecule has 3 aromatic carbocycles. The number of thioether (sulfide) groups is 1. The predicted octanol–water partition coefficient (Wildman–Crippen LogP) is -4.81. The molecule has 2 aromatic heterocycles. The van der Waals surface area contributed by atoms with Crippen molar-refractivity contribution in [2.24, 2.45) is 5.92 Å². The van der Waals surface area contributed by atoms with Gasteiger partial charge >= 0.3 is 29.6 Å². The molecule has 37 heteroatoms. The number of nitrogens with one attached hydrogen (secondary N) is 6. The van der Waals surface area contributed by atoms with Crippen molar-refractivity contribution >= 4 is 87.4 Å². The quantitative estimate of drug-likeness (QED) is 0.00734. The number of amides is 7. The number of carbonyl (C=O) groups excluding carboxylic acids is 7. The van der Waals surface area contributed by atoms with E-state index in [-0.39, 0.29) is 71.8 Å². The third-order valence-corrected chi connectivity index (χ3v) is 21.5. The summed E-state index contributed by atoms with van der Waals surface area (Å²) in [6.07, 6.45) is -3.91. The van der Waals surface area contributed by atoms with Crippen molar-refractivity contribution in [1.82, 2.24) is 56.3 Å². The Hall–Kier alpha value is -6.37. The number of benzene rings is 3. The second kappa shape index (κ2) is 40.0. The number of β-amino-alcohol motifs (C(OH)–C–C–N with tert-alkyl or cyclic N) is 1. The number of carbonyl (C=O) groups is 7. The zero-order valence-electron chi connectivity index (χ0n) is 58.1. The molecule has 564 valence electrons. The normalized spacial score (nSPS) is 24.4. The summed E-state index contributed by atoms with van der Waals surface area (Å²) in [5.41, 5.74) is 3.33. The number of aromatic nitrogens is 3. The van der Waals surface area contributed by atoms with E-state index in [1.807, 2.05) is 0 Å². The summed E-state index contributed by atoms with van der Waals surface area (Å²) in [5, 5.41) is 134. The van der Waals surface area contributed by atoms with Crippen molar-refractivity contribution < 1.29 is 133 Å². The molecule has 13 atom stereocenters. The van der Waals surface area contributed by atoms with Crippen molar-refractivity contribution in [1.29, 1.82) is 0 Å². The first-order chi connectivity index (χ1) is 49.5. The van der Waals surface area contributed by atoms with E-state index >= 15 is 4.79 Å². The van der Waals surface area contributed by atoms with Crippen LogP contribution in [0, 0.1) is 5.92 Å². The number of aliphatic hydroxyl groups is 8. The van der Waals surface area contributed by atoms with E-state index in [0.717, 1.165) is 84.1 Å². The Morgan fingerprint density at radius 2 is 1.48 bits per heavy atom. The molecule has 0 aliphatic carbocycles. The van der Waals surface area contributed by atoms with Gasteiger partial charge in [-0.1, -0.05) is 49.3 Å². The number of phenolic OH excluding ortho intramolecular Hbond substituents is 1. The number of piperidine rings is 1. The summed E-state index contributed by atoms with van der Waals surface area (Å²) in [6, 6.07) is 5.68. The van der Waals surface area contributed by atoms with Crippen LogP contribution < -0.4 is 75.8 Å². The third-order valence-electron chi connectivity index (χ3n) is 18.7. The number of aromatic hydroxyl groups is 1. The average molecular weight is 1520 g/mol. The van der Waals surface area contributed by atoms with E-state index in [4.69, 9.17) is 19.0 Å². The molecule has 4 aliphatic rings. The van der Waals surface area contributed by atoms with E-state index in [2.05, 4.69) is 82.2 Å². The van der Waals surface area contributed by atoms with E-state index < -0.39 is 184 Å². The largest absolute Gasteiger partial charge is 1.00 e. The Kier molecular flexibility index (Phi) is 32.0.